The first-order valence-corrected chi connectivity index (χ1v) is 6.23. The zero-order valence-corrected chi connectivity index (χ0v) is 10.7. The summed E-state index contributed by atoms with van der Waals surface area (Å²) in [6.45, 7) is 4.26. The number of nitrogens with one attached hydrogen (secondary N) is 1. The van der Waals surface area contributed by atoms with Gasteiger partial charge >= 0.3 is 0 Å². The van der Waals surface area contributed by atoms with Crippen LogP contribution in [0.15, 0.2) is 18.2 Å². The molecule has 0 saturated heterocycles. The van der Waals surface area contributed by atoms with E-state index in [1.54, 1.807) is 6.07 Å². The van der Waals surface area contributed by atoms with Gasteiger partial charge in [0.25, 0.3) is 5.91 Å². The first-order valence-electron chi connectivity index (χ1n) is 6.23. The summed E-state index contributed by atoms with van der Waals surface area (Å²) in [5.41, 5.74) is 0.208. The Morgan fingerprint density at radius 1 is 1.39 bits per heavy atom. The Bertz CT molecular complexity index is 468. The van der Waals surface area contributed by atoms with Gasteiger partial charge in [-0.15, -0.1) is 0 Å². The summed E-state index contributed by atoms with van der Waals surface area (Å²) in [6, 6.07) is 4.52. The van der Waals surface area contributed by atoms with Crippen LogP contribution in [0.5, 0.6) is 11.5 Å². The largest absolute Gasteiger partial charge is 0.504 e. The lowest BCUT2D eigenvalue weighted by atomic mass is 9.87. The van der Waals surface area contributed by atoms with Crippen molar-refractivity contribution in [2.45, 2.75) is 39.2 Å². The van der Waals surface area contributed by atoms with E-state index in [0.717, 1.165) is 19.3 Å². The van der Waals surface area contributed by atoms with E-state index in [1.807, 2.05) is 0 Å². The highest BCUT2D eigenvalue weighted by molar-refractivity contribution is 5.97. The Hall–Kier alpha value is -1.71. The number of phenols is 2. The predicted molar refractivity (Wildman–Crippen MR) is 68.7 cm³/mol. The van der Waals surface area contributed by atoms with Crippen LogP contribution in [-0.2, 0) is 0 Å². The molecule has 0 aliphatic heterocycles. The Labute approximate surface area is 107 Å². The molecule has 0 bridgehead atoms. The van der Waals surface area contributed by atoms with Crippen molar-refractivity contribution in [3.05, 3.63) is 23.8 Å². The lowest BCUT2D eigenvalue weighted by Crippen LogP contribution is -2.41. The zero-order valence-electron chi connectivity index (χ0n) is 10.7. The molecule has 1 aliphatic rings. The van der Waals surface area contributed by atoms with Crippen LogP contribution in [0.1, 0.15) is 43.5 Å². The fourth-order valence-corrected chi connectivity index (χ4v) is 2.54. The molecule has 1 fully saturated rings. The Morgan fingerprint density at radius 3 is 2.72 bits per heavy atom. The van der Waals surface area contributed by atoms with Crippen molar-refractivity contribution >= 4 is 5.91 Å². The van der Waals surface area contributed by atoms with Gasteiger partial charge in [0.1, 0.15) is 0 Å². The van der Waals surface area contributed by atoms with Crippen molar-refractivity contribution in [2.75, 3.05) is 0 Å². The van der Waals surface area contributed by atoms with Crippen LogP contribution in [0.4, 0.5) is 0 Å². The number of carbonyl (C=O) groups excluding carboxylic acids is 1. The van der Waals surface area contributed by atoms with E-state index < -0.39 is 0 Å². The lowest BCUT2D eigenvalue weighted by Gasteiger charge is -2.27. The third-order valence-electron chi connectivity index (χ3n) is 3.82. The minimum atomic E-state index is -0.356. The van der Waals surface area contributed by atoms with Crippen LogP contribution in [0.3, 0.4) is 0 Å². The van der Waals surface area contributed by atoms with Gasteiger partial charge in [-0.1, -0.05) is 26.3 Å². The lowest BCUT2D eigenvalue weighted by molar-refractivity contribution is 0.0906. The number of benzene rings is 1. The summed E-state index contributed by atoms with van der Waals surface area (Å²) in [5.74, 6) is -0.956. The van der Waals surface area contributed by atoms with Gasteiger partial charge in [-0.05, 0) is 30.4 Å². The van der Waals surface area contributed by atoms with Crippen molar-refractivity contribution in [3.8, 4) is 11.5 Å². The van der Waals surface area contributed by atoms with Gasteiger partial charge in [0, 0.05) is 6.04 Å². The fourth-order valence-electron chi connectivity index (χ4n) is 2.54. The summed E-state index contributed by atoms with van der Waals surface area (Å²) in [5, 5.41) is 22.0. The third kappa shape index (κ3) is 2.28. The van der Waals surface area contributed by atoms with Gasteiger partial charge in [0.2, 0.25) is 0 Å². The molecule has 1 amide bonds. The summed E-state index contributed by atoms with van der Waals surface area (Å²) in [6.07, 6.45) is 3.15. The highest BCUT2D eigenvalue weighted by Gasteiger charge is 2.35. The number of aromatic hydroxyl groups is 2. The van der Waals surface area contributed by atoms with E-state index in [1.165, 1.54) is 12.1 Å². The van der Waals surface area contributed by atoms with Crippen molar-refractivity contribution in [1.29, 1.82) is 0 Å². The summed E-state index contributed by atoms with van der Waals surface area (Å²) in [4.78, 5) is 12.1. The minimum absolute atomic E-state index is 0.0854. The van der Waals surface area contributed by atoms with Crippen LogP contribution in [0.25, 0.3) is 0 Å². The second-order valence-corrected chi connectivity index (χ2v) is 5.58. The molecular formula is C14H19NO3. The normalized spacial score (nSPS) is 21.8. The van der Waals surface area contributed by atoms with Crippen molar-refractivity contribution in [1.82, 2.24) is 5.32 Å². The van der Waals surface area contributed by atoms with E-state index in [2.05, 4.69) is 19.2 Å². The van der Waals surface area contributed by atoms with Gasteiger partial charge in [-0.25, -0.2) is 0 Å². The molecule has 0 heterocycles. The first-order chi connectivity index (χ1) is 8.42. The molecule has 4 heteroatoms. The molecule has 4 nitrogen and oxygen atoms in total. The number of carbonyl (C=O) groups is 1. The van der Waals surface area contributed by atoms with Gasteiger partial charge < -0.3 is 15.5 Å². The van der Waals surface area contributed by atoms with E-state index in [9.17, 15) is 15.0 Å². The average molecular weight is 249 g/mol. The standard InChI is InChI=1S/C14H19NO3/c1-14(2)8-4-7-11(14)15-13(18)9-5-3-6-10(16)12(9)17/h3,5-6,11,16-17H,4,7-8H2,1-2H3,(H,15,18). The molecule has 98 valence electrons. The molecule has 18 heavy (non-hydrogen) atoms. The fraction of sp³-hybridized carbons (Fsp3) is 0.500. The molecule has 0 aromatic heterocycles. The number of phenolic OH excluding ortho intramolecular Hbond substituents is 2. The highest BCUT2D eigenvalue weighted by Crippen LogP contribution is 2.37. The SMILES string of the molecule is CC1(C)CCCC1NC(=O)c1cccc(O)c1O. The second-order valence-electron chi connectivity index (χ2n) is 5.58. The molecular weight excluding hydrogens is 230 g/mol. The average Bonchev–Trinajstić information content (AvgIpc) is 2.62. The monoisotopic (exact) mass is 249 g/mol. The molecule has 1 saturated carbocycles. The molecule has 1 aromatic rings. The van der Waals surface area contributed by atoms with Crippen LogP contribution in [0.2, 0.25) is 0 Å². The van der Waals surface area contributed by atoms with Gasteiger partial charge in [0.15, 0.2) is 11.5 Å². The van der Waals surface area contributed by atoms with Crippen molar-refractivity contribution in [3.63, 3.8) is 0 Å². The Balaban J connectivity index is 2.15. The molecule has 1 unspecified atom stereocenters. The van der Waals surface area contributed by atoms with Gasteiger partial charge in [-0.2, -0.15) is 0 Å². The Morgan fingerprint density at radius 2 is 2.11 bits per heavy atom. The zero-order chi connectivity index (χ0) is 13.3. The number of para-hydroxylation sites is 1. The molecule has 1 atom stereocenters. The molecule has 2 rings (SSSR count). The first kappa shape index (κ1) is 12.7. The quantitative estimate of drug-likeness (QED) is 0.705. The van der Waals surface area contributed by atoms with E-state index in [4.69, 9.17) is 0 Å². The summed E-state index contributed by atoms with van der Waals surface area (Å²) >= 11 is 0. The second kappa shape index (κ2) is 4.52. The van der Waals surface area contributed by atoms with Crippen LogP contribution >= 0.6 is 0 Å². The molecule has 1 aliphatic carbocycles. The van der Waals surface area contributed by atoms with Gasteiger partial charge in [-0.3, -0.25) is 4.79 Å². The molecule has 3 N–H and O–H groups in total. The van der Waals surface area contributed by atoms with Crippen LogP contribution in [0, 0.1) is 5.41 Å². The third-order valence-corrected chi connectivity index (χ3v) is 3.82. The molecule has 1 aromatic carbocycles. The Kier molecular flexibility index (Phi) is 3.20. The van der Waals surface area contributed by atoms with Crippen molar-refractivity contribution in [2.24, 2.45) is 5.41 Å². The van der Waals surface area contributed by atoms with Crippen LogP contribution < -0.4 is 5.32 Å². The topological polar surface area (TPSA) is 69.6 Å². The predicted octanol–water partition coefficient (Wildman–Crippen LogP) is 2.41. The number of amides is 1. The molecule has 0 spiro atoms. The number of rotatable bonds is 2. The highest BCUT2D eigenvalue weighted by atomic mass is 16.3. The smallest absolute Gasteiger partial charge is 0.255 e. The number of hydrogen-bond acceptors (Lipinski definition) is 3. The summed E-state index contributed by atoms with van der Waals surface area (Å²) in [7, 11) is 0. The minimum Gasteiger partial charge on any atom is -0.504 e. The maximum Gasteiger partial charge on any atom is 0.255 e. The van der Waals surface area contributed by atoms with Gasteiger partial charge in [0.05, 0.1) is 5.56 Å². The van der Waals surface area contributed by atoms with E-state index in [0.29, 0.717) is 0 Å². The molecule has 0 radical (unpaired) electrons. The maximum atomic E-state index is 12.1. The summed E-state index contributed by atoms with van der Waals surface area (Å²) < 4.78 is 0. The maximum absolute atomic E-state index is 12.1. The van der Waals surface area contributed by atoms with Crippen molar-refractivity contribution < 1.29 is 15.0 Å². The van der Waals surface area contributed by atoms with Crippen LogP contribution in [-0.4, -0.2) is 22.2 Å². The van der Waals surface area contributed by atoms with E-state index >= 15 is 0 Å². The number of hydrogen-bond donors (Lipinski definition) is 3. The van der Waals surface area contributed by atoms with E-state index in [-0.39, 0.29) is 34.4 Å².